The van der Waals surface area contributed by atoms with Gasteiger partial charge in [0.25, 0.3) is 0 Å². The third-order valence-electron chi connectivity index (χ3n) is 4.73. The monoisotopic (exact) mass is 314 g/mol. The van der Waals surface area contributed by atoms with Crippen molar-refractivity contribution in [3.8, 4) is 0 Å². The summed E-state index contributed by atoms with van der Waals surface area (Å²) >= 11 is 0. The van der Waals surface area contributed by atoms with Crippen LogP contribution in [0.25, 0.3) is 0 Å². The molecule has 2 rings (SSSR count). The van der Waals surface area contributed by atoms with Crippen molar-refractivity contribution in [3.05, 3.63) is 0 Å². The molecule has 0 atom stereocenters. The zero-order valence-electron chi connectivity index (χ0n) is 13.7. The Balaban J connectivity index is 1.58. The highest BCUT2D eigenvalue weighted by molar-refractivity contribution is 5.70. The zero-order chi connectivity index (χ0) is 15.8. The fraction of sp³-hybridized carbons (Fsp3) is 0.941. The fourth-order valence-electron chi connectivity index (χ4n) is 3.24. The van der Waals surface area contributed by atoms with Crippen molar-refractivity contribution in [1.29, 1.82) is 0 Å². The molecule has 1 saturated heterocycles. The second-order valence-electron chi connectivity index (χ2n) is 6.54. The molecule has 0 spiro atoms. The molecule has 128 valence electrons. The smallest absolute Gasteiger partial charge is 0.311 e. The molecule has 1 aliphatic carbocycles. The van der Waals surface area contributed by atoms with Gasteiger partial charge in [-0.2, -0.15) is 0 Å². The predicted octanol–water partition coefficient (Wildman–Crippen LogP) is 3.22. The Morgan fingerprint density at radius 3 is 2.36 bits per heavy atom. The first-order chi connectivity index (χ1) is 10.7. The maximum absolute atomic E-state index is 10.9. The SMILES string of the molecule is CCCCCCOC1CCC(C2OCC(C(=O)O)CO2)CC1. The van der Waals surface area contributed by atoms with E-state index in [0.29, 0.717) is 12.0 Å². The van der Waals surface area contributed by atoms with Crippen molar-refractivity contribution < 1.29 is 24.1 Å². The van der Waals surface area contributed by atoms with Gasteiger partial charge in [-0.25, -0.2) is 0 Å². The zero-order valence-corrected chi connectivity index (χ0v) is 13.7. The number of carboxylic acid groups (broad SMARTS) is 1. The number of rotatable bonds is 8. The first-order valence-corrected chi connectivity index (χ1v) is 8.78. The molecule has 0 amide bonds. The van der Waals surface area contributed by atoms with E-state index in [4.69, 9.17) is 19.3 Å². The molecule has 0 aromatic rings. The molecule has 22 heavy (non-hydrogen) atoms. The lowest BCUT2D eigenvalue weighted by Crippen LogP contribution is -2.41. The molecule has 1 aliphatic heterocycles. The normalized spacial score (nSPS) is 32.8. The summed E-state index contributed by atoms with van der Waals surface area (Å²) in [5, 5.41) is 8.93. The lowest BCUT2D eigenvalue weighted by molar-refractivity contribution is -0.232. The molecule has 5 heteroatoms. The van der Waals surface area contributed by atoms with Crippen LogP contribution in [0.15, 0.2) is 0 Å². The van der Waals surface area contributed by atoms with E-state index in [1.165, 1.54) is 25.7 Å². The van der Waals surface area contributed by atoms with Crippen molar-refractivity contribution in [1.82, 2.24) is 0 Å². The average molecular weight is 314 g/mol. The number of aliphatic carboxylic acids is 1. The Morgan fingerprint density at radius 1 is 1.09 bits per heavy atom. The van der Waals surface area contributed by atoms with Crippen molar-refractivity contribution in [2.75, 3.05) is 19.8 Å². The van der Waals surface area contributed by atoms with Gasteiger partial charge in [-0.1, -0.05) is 26.2 Å². The van der Waals surface area contributed by atoms with Gasteiger partial charge in [-0.3, -0.25) is 4.79 Å². The second-order valence-corrected chi connectivity index (χ2v) is 6.54. The number of ether oxygens (including phenoxy) is 3. The minimum Gasteiger partial charge on any atom is -0.481 e. The van der Waals surface area contributed by atoms with Crippen molar-refractivity contribution in [2.45, 2.75) is 70.7 Å². The molecule has 5 nitrogen and oxygen atoms in total. The molecule has 0 aromatic heterocycles. The number of hydrogen-bond acceptors (Lipinski definition) is 4. The third-order valence-corrected chi connectivity index (χ3v) is 4.73. The van der Waals surface area contributed by atoms with E-state index in [9.17, 15) is 4.79 Å². The van der Waals surface area contributed by atoms with E-state index in [2.05, 4.69) is 6.92 Å². The highest BCUT2D eigenvalue weighted by Gasteiger charge is 2.34. The Hall–Kier alpha value is -0.650. The van der Waals surface area contributed by atoms with E-state index < -0.39 is 11.9 Å². The Morgan fingerprint density at radius 2 is 1.77 bits per heavy atom. The van der Waals surface area contributed by atoms with E-state index in [0.717, 1.165) is 32.3 Å². The lowest BCUT2D eigenvalue weighted by Gasteiger charge is -2.36. The molecule has 0 bridgehead atoms. The lowest BCUT2D eigenvalue weighted by atomic mass is 9.86. The molecule has 1 saturated carbocycles. The molecule has 1 N–H and O–H groups in total. The Labute approximate surface area is 133 Å². The fourth-order valence-corrected chi connectivity index (χ4v) is 3.24. The van der Waals surface area contributed by atoms with E-state index >= 15 is 0 Å². The van der Waals surface area contributed by atoms with E-state index in [1.807, 2.05) is 0 Å². The molecule has 1 heterocycles. The van der Waals surface area contributed by atoms with Crippen LogP contribution in [0, 0.1) is 11.8 Å². The maximum Gasteiger partial charge on any atom is 0.311 e. The summed E-state index contributed by atoms with van der Waals surface area (Å²) in [7, 11) is 0. The summed E-state index contributed by atoms with van der Waals surface area (Å²) in [5.74, 6) is -0.965. The molecule has 0 radical (unpaired) electrons. The van der Waals surface area contributed by atoms with Gasteiger partial charge in [-0.05, 0) is 32.1 Å². The van der Waals surface area contributed by atoms with Gasteiger partial charge in [0.05, 0.1) is 19.3 Å². The van der Waals surface area contributed by atoms with Crippen molar-refractivity contribution >= 4 is 5.97 Å². The summed E-state index contributed by atoms with van der Waals surface area (Å²) < 4.78 is 17.2. The van der Waals surface area contributed by atoms with Crippen LogP contribution in [-0.2, 0) is 19.0 Å². The predicted molar refractivity (Wildman–Crippen MR) is 82.7 cm³/mol. The minimum absolute atomic E-state index is 0.221. The summed E-state index contributed by atoms with van der Waals surface area (Å²) in [6.07, 6.45) is 9.35. The highest BCUT2D eigenvalue weighted by Crippen LogP contribution is 2.32. The van der Waals surface area contributed by atoms with Gasteiger partial charge in [-0.15, -0.1) is 0 Å². The number of carboxylic acids is 1. The first kappa shape index (κ1) is 17.7. The summed E-state index contributed by atoms with van der Waals surface area (Å²) in [5.41, 5.74) is 0. The average Bonchev–Trinajstić information content (AvgIpc) is 2.55. The molecule has 0 aromatic carbocycles. The molecule has 0 unspecified atom stereocenters. The van der Waals surface area contributed by atoms with Crippen LogP contribution >= 0.6 is 0 Å². The van der Waals surface area contributed by atoms with Gasteiger partial charge in [0.2, 0.25) is 0 Å². The molecular formula is C17H30O5. The van der Waals surface area contributed by atoms with Gasteiger partial charge >= 0.3 is 5.97 Å². The van der Waals surface area contributed by atoms with Crippen LogP contribution in [0.5, 0.6) is 0 Å². The molecular weight excluding hydrogens is 284 g/mol. The molecule has 2 aliphatic rings. The minimum atomic E-state index is -0.835. The van der Waals surface area contributed by atoms with Crippen LogP contribution in [0.1, 0.15) is 58.3 Å². The van der Waals surface area contributed by atoms with Crippen LogP contribution in [-0.4, -0.2) is 43.3 Å². The Kier molecular flexibility index (Phi) is 7.63. The summed E-state index contributed by atoms with van der Waals surface area (Å²) in [6, 6.07) is 0. The number of unbranched alkanes of at least 4 members (excludes halogenated alkanes) is 3. The van der Waals surface area contributed by atoms with E-state index in [1.54, 1.807) is 0 Å². The molecule has 2 fully saturated rings. The van der Waals surface area contributed by atoms with Crippen LogP contribution in [0.3, 0.4) is 0 Å². The first-order valence-electron chi connectivity index (χ1n) is 8.78. The standard InChI is InChI=1S/C17H30O5/c1-2-3-4-5-10-20-15-8-6-13(7-9-15)17-21-11-14(12-22-17)16(18)19/h13-15,17H,2-12H2,1H3,(H,18,19). The van der Waals surface area contributed by atoms with Gasteiger partial charge in [0, 0.05) is 12.5 Å². The third kappa shape index (κ3) is 5.52. The highest BCUT2D eigenvalue weighted by atomic mass is 16.7. The number of carbonyl (C=O) groups is 1. The van der Waals surface area contributed by atoms with E-state index in [-0.39, 0.29) is 19.5 Å². The van der Waals surface area contributed by atoms with Crippen LogP contribution in [0.4, 0.5) is 0 Å². The van der Waals surface area contributed by atoms with Crippen molar-refractivity contribution in [2.24, 2.45) is 11.8 Å². The van der Waals surface area contributed by atoms with Crippen LogP contribution in [0.2, 0.25) is 0 Å². The number of hydrogen-bond donors (Lipinski definition) is 1. The van der Waals surface area contributed by atoms with Crippen LogP contribution < -0.4 is 0 Å². The van der Waals surface area contributed by atoms with Gasteiger partial charge in [0.1, 0.15) is 5.92 Å². The Bertz CT molecular complexity index is 317. The van der Waals surface area contributed by atoms with Gasteiger partial charge < -0.3 is 19.3 Å². The van der Waals surface area contributed by atoms with Crippen molar-refractivity contribution in [3.63, 3.8) is 0 Å². The second kappa shape index (κ2) is 9.48. The topological polar surface area (TPSA) is 65.0 Å². The van der Waals surface area contributed by atoms with Gasteiger partial charge in [0.15, 0.2) is 6.29 Å². The largest absolute Gasteiger partial charge is 0.481 e. The maximum atomic E-state index is 10.9. The quantitative estimate of drug-likeness (QED) is 0.697. The summed E-state index contributed by atoms with van der Waals surface area (Å²) in [4.78, 5) is 10.9. The summed E-state index contributed by atoms with van der Waals surface area (Å²) in [6.45, 7) is 3.64.